The summed E-state index contributed by atoms with van der Waals surface area (Å²) < 4.78 is 0. The molecule has 1 saturated carbocycles. The Bertz CT molecular complexity index is 449. The zero-order valence-electron chi connectivity index (χ0n) is 10.3. The summed E-state index contributed by atoms with van der Waals surface area (Å²) in [4.78, 5) is 2.53. The third-order valence-electron chi connectivity index (χ3n) is 4.42. The largest absolute Gasteiger partial charge is 0.329 e. The van der Waals surface area contributed by atoms with Crippen LogP contribution in [0.15, 0.2) is 18.2 Å². The molecule has 0 spiro atoms. The molecule has 1 aromatic rings. The van der Waals surface area contributed by atoms with Crippen molar-refractivity contribution in [2.45, 2.75) is 31.3 Å². The first-order valence-electron chi connectivity index (χ1n) is 6.60. The maximum Gasteiger partial charge on any atom is 0.0640 e. The molecule has 2 N–H and O–H groups in total. The first-order chi connectivity index (χ1) is 8.70. The van der Waals surface area contributed by atoms with Crippen molar-refractivity contribution in [1.29, 1.82) is 0 Å². The Labute approximate surface area is 118 Å². The molecule has 4 heteroatoms. The van der Waals surface area contributed by atoms with Crippen molar-refractivity contribution in [3.8, 4) is 0 Å². The van der Waals surface area contributed by atoms with Crippen molar-refractivity contribution in [2.75, 3.05) is 13.1 Å². The average molecular weight is 285 g/mol. The van der Waals surface area contributed by atoms with E-state index in [0.717, 1.165) is 18.0 Å². The van der Waals surface area contributed by atoms with E-state index in [2.05, 4.69) is 11.0 Å². The van der Waals surface area contributed by atoms with E-state index in [-0.39, 0.29) is 6.04 Å². The second-order valence-electron chi connectivity index (χ2n) is 5.42. The first kappa shape index (κ1) is 12.7. The van der Waals surface area contributed by atoms with Gasteiger partial charge in [0.05, 0.1) is 10.0 Å². The fraction of sp³-hybridized carbons (Fsp3) is 0.571. The summed E-state index contributed by atoms with van der Waals surface area (Å²) in [7, 11) is 0. The van der Waals surface area contributed by atoms with Gasteiger partial charge in [0.1, 0.15) is 0 Å². The minimum absolute atomic E-state index is 0.214. The lowest BCUT2D eigenvalue weighted by molar-refractivity contribution is 0.153. The molecule has 98 valence electrons. The van der Waals surface area contributed by atoms with Crippen molar-refractivity contribution in [1.82, 2.24) is 4.90 Å². The minimum Gasteiger partial charge on any atom is -0.329 e. The lowest BCUT2D eigenvalue weighted by Gasteiger charge is -2.35. The monoisotopic (exact) mass is 284 g/mol. The SMILES string of the molecule is NCC(c1cccc(Cl)c1Cl)N1CC2CCC1C2. The first-order valence-corrected chi connectivity index (χ1v) is 7.36. The van der Waals surface area contributed by atoms with Crippen LogP contribution < -0.4 is 5.73 Å². The standard InChI is InChI=1S/C14H18Cl2N2/c15-12-3-1-2-11(14(12)16)13(7-17)18-8-9-4-5-10(18)6-9/h1-3,9-10,13H,4-8,17H2. The number of piperidine rings is 1. The molecular weight excluding hydrogens is 267 g/mol. The Hall–Kier alpha value is -0.280. The molecule has 3 unspecified atom stereocenters. The van der Waals surface area contributed by atoms with Gasteiger partial charge in [-0.2, -0.15) is 0 Å². The van der Waals surface area contributed by atoms with Crippen molar-refractivity contribution in [3.05, 3.63) is 33.8 Å². The van der Waals surface area contributed by atoms with E-state index < -0.39 is 0 Å². The molecule has 0 radical (unpaired) electrons. The van der Waals surface area contributed by atoms with Gasteiger partial charge in [0.25, 0.3) is 0 Å². The summed E-state index contributed by atoms with van der Waals surface area (Å²) in [6.45, 7) is 1.76. The molecule has 0 aromatic heterocycles. The molecule has 2 bridgehead atoms. The van der Waals surface area contributed by atoms with Crippen LogP contribution in [0, 0.1) is 5.92 Å². The summed E-state index contributed by atoms with van der Waals surface area (Å²) in [5.41, 5.74) is 7.07. The summed E-state index contributed by atoms with van der Waals surface area (Å²) in [6.07, 6.45) is 4.01. The molecule has 1 saturated heterocycles. The zero-order chi connectivity index (χ0) is 12.7. The lowest BCUT2D eigenvalue weighted by Crippen LogP contribution is -2.39. The van der Waals surface area contributed by atoms with Gasteiger partial charge in [-0.1, -0.05) is 35.3 Å². The number of rotatable bonds is 3. The van der Waals surface area contributed by atoms with E-state index in [1.54, 1.807) is 0 Å². The van der Waals surface area contributed by atoms with E-state index in [1.165, 1.54) is 19.3 Å². The molecule has 2 aliphatic rings. The van der Waals surface area contributed by atoms with Crippen molar-refractivity contribution in [2.24, 2.45) is 11.7 Å². The second kappa shape index (κ2) is 5.01. The lowest BCUT2D eigenvalue weighted by atomic mass is 10.0. The number of halogens is 2. The maximum atomic E-state index is 6.33. The van der Waals surface area contributed by atoms with Crippen LogP contribution in [-0.4, -0.2) is 24.0 Å². The number of hydrogen-bond donors (Lipinski definition) is 1. The maximum absolute atomic E-state index is 6.33. The molecule has 1 heterocycles. The van der Waals surface area contributed by atoms with Crippen molar-refractivity contribution in [3.63, 3.8) is 0 Å². The molecule has 1 aliphatic heterocycles. The predicted molar refractivity (Wildman–Crippen MR) is 76.1 cm³/mol. The minimum atomic E-state index is 0.214. The van der Waals surface area contributed by atoms with E-state index in [0.29, 0.717) is 22.6 Å². The number of likely N-dealkylation sites (tertiary alicyclic amines) is 1. The molecule has 1 aliphatic carbocycles. The normalized spacial score (nSPS) is 28.8. The second-order valence-corrected chi connectivity index (χ2v) is 6.21. The van der Waals surface area contributed by atoms with Crippen LogP contribution in [0.3, 0.4) is 0 Å². The van der Waals surface area contributed by atoms with Gasteiger partial charge in [-0.25, -0.2) is 0 Å². The molecule has 0 amide bonds. The van der Waals surface area contributed by atoms with Crippen LogP contribution in [0.2, 0.25) is 10.0 Å². The predicted octanol–water partition coefficient (Wildman–Crippen LogP) is 3.48. The van der Waals surface area contributed by atoms with Gasteiger partial charge in [0.2, 0.25) is 0 Å². The van der Waals surface area contributed by atoms with Gasteiger partial charge in [-0.3, -0.25) is 4.90 Å². The van der Waals surface area contributed by atoms with Gasteiger partial charge in [0, 0.05) is 25.2 Å². The van der Waals surface area contributed by atoms with Crippen molar-refractivity contribution >= 4 is 23.2 Å². The van der Waals surface area contributed by atoms with Gasteiger partial charge in [-0.15, -0.1) is 0 Å². The van der Waals surface area contributed by atoms with Crippen molar-refractivity contribution < 1.29 is 0 Å². The van der Waals surface area contributed by atoms with Gasteiger partial charge < -0.3 is 5.73 Å². The molecule has 2 fully saturated rings. The number of hydrogen-bond acceptors (Lipinski definition) is 2. The highest BCUT2D eigenvalue weighted by molar-refractivity contribution is 6.42. The third kappa shape index (κ3) is 2.05. The molecule has 1 aromatic carbocycles. The fourth-order valence-electron chi connectivity index (χ4n) is 3.56. The smallest absolute Gasteiger partial charge is 0.0640 e. The highest BCUT2D eigenvalue weighted by Gasteiger charge is 2.41. The fourth-order valence-corrected chi connectivity index (χ4v) is 4.00. The molecule has 18 heavy (non-hydrogen) atoms. The third-order valence-corrected chi connectivity index (χ3v) is 5.25. The molecule has 3 atom stereocenters. The Morgan fingerprint density at radius 2 is 2.17 bits per heavy atom. The van der Waals surface area contributed by atoms with Crippen LogP contribution in [0.1, 0.15) is 30.9 Å². The Morgan fingerprint density at radius 1 is 1.33 bits per heavy atom. The van der Waals surface area contributed by atoms with E-state index in [4.69, 9.17) is 28.9 Å². The summed E-state index contributed by atoms with van der Waals surface area (Å²) in [5.74, 6) is 0.863. The number of fused-ring (bicyclic) bond motifs is 2. The highest BCUT2D eigenvalue weighted by Crippen LogP contribution is 2.43. The van der Waals surface area contributed by atoms with Crippen LogP contribution in [-0.2, 0) is 0 Å². The van der Waals surface area contributed by atoms with Crippen LogP contribution in [0.25, 0.3) is 0 Å². The quantitative estimate of drug-likeness (QED) is 0.921. The van der Waals surface area contributed by atoms with Gasteiger partial charge >= 0.3 is 0 Å². The van der Waals surface area contributed by atoms with Gasteiger partial charge in [0.15, 0.2) is 0 Å². The van der Waals surface area contributed by atoms with E-state index in [1.807, 2.05) is 12.1 Å². The molecule has 2 nitrogen and oxygen atoms in total. The summed E-state index contributed by atoms with van der Waals surface area (Å²) >= 11 is 12.4. The molecule has 3 rings (SSSR count). The highest BCUT2D eigenvalue weighted by atomic mass is 35.5. The zero-order valence-corrected chi connectivity index (χ0v) is 11.8. The Balaban J connectivity index is 1.90. The average Bonchev–Trinajstić information content (AvgIpc) is 2.98. The van der Waals surface area contributed by atoms with E-state index >= 15 is 0 Å². The summed E-state index contributed by atoms with van der Waals surface area (Å²) in [5, 5.41) is 1.29. The van der Waals surface area contributed by atoms with Crippen LogP contribution >= 0.6 is 23.2 Å². The van der Waals surface area contributed by atoms with Crippen LogP contribution in [0.4, 0.5) is 0 Å². The number of nitrogens with two attached hydrogens (primary N) is 1. The molecular formula is C14H18Cl2N2. The van der Waals surface area contributed by atoms with E-state index in [9.17, 15) is 0 Å². The van der Waals surface area contributed by atoms with Crippen LogP contribution in [0.5, 0.6) is 0 Å². The van der Waals surface area contributed by atoms with Gasteiger partial charge in [-0.05, 0) is 36.8 Å². The Morgan fingerprint density at radius 3 is 2.78 bits per heavy atom. The number of nitrogens with zero attached hydrogens (tertiary/aromatic N) is 1. The topological polar surface area (TPSA) is 29.3 Å². The Kier molecular flexibility index (Phi) is 3.55. The summed E-state index contributed by atoms with van der Waals surface area (Å²) in [6, 6.07) is 6.75. The number of benzene rings is 1.